The van der Waals surface area contributed by atoms with Crippen molar-refractivity contribution < 1.29 is 9.53 Å². The molecule has 0 atom stereocenters. The van der Waals surface area contributed by atoms with Gasteiger partial charge in [-0.2, -0.15) is 0 Å². The van der Waals surface area contributed by atoms with Crippen LogP contribution in [0.5, 0.6) is 0 Å². The van der Waals surface area contributed by atoms with E-state index in [1.54, 1.807) is 4.90 Å². The Morgan fingerprint density at radius 2 is 2.33 bits per heavy atom. The average Bonchev–Trinajstić information content (AvgIpc) is 2.31. The Labute approximate surface area is 71.6 Å². The quantitative estimate of drug-likeness (QED) is 0.497. The number of likely N-dealkylation sites (tertiary alicyclic amines) is 1. The van der Waals surface area contributed by atoms with Crippen molar-refractivity contribution in [2.75, 3.05) is 26.8 Å². The van der Waals surface area contributed by atoms with E-state index in [9.17, 15) is 4.79 Å². The van der Waals surface area contributed by atoms with Crippen LogP contribution in [0, 0.1) is 0 Å². The molecule has 0 saturated carbocycles. The molecule has 5 heteroatoms. The monoisotopic (exact) mass is 173 g/mol. The van der Waals surface area contributed by atoms with Crippen LogP contribution in [0.3, 0.4) is 0 Å². The van der Waals surface area contributed by atoms with Crippen molar-refractivity contribution in [3.05, 3.63) is 0 Å². The summed E-state index contributed by atoms with van der Waals surface area (Å²) < 4.78 is 4.71. The Kier molecular flexibility index (Phi) is 2.66. The fourth-order valence-corrected chi connectivity index (χ4v) is 1.28. The molecule has 5 nitrogen and oxygen atoms in total. The maximum Gasteiger partial charge on any atom is 0.248 e. The van der Waals surface area contributed by atoms with Gasteiger partial charge in [0.25, 0.3) is 0 Å². The van der Waals surface area contributed by atoms with Gasteiger partial charge in [0.2, 0.25) is 5.91 Å². The molecule has 1 heterocycles. The van der Waals surface area contributed by atoms with Gasteiger partial charge in [0.1, 0.15) is 6.61 Å². The van der Waals surface area contributed by atoms with E-state index in [0.29, 0.717) is 19.5 Å². The number of carbonyl (C=O) groups excluding carboxylic acids is 1. The van der Waals surface area contributed by atoms with Gasteiger partial charge in [-0.15, -0.1) is 0 Å². The first-order valence-corrected chi connectivity index (χ1v) is 3.90. The first kappa shape index (κ1) is 9.44. The van der Waals surface area contributed by atoms with Gasteiger partial charge in [0, 0.05) is 13.7 Å². The molecule has 0 aromatic carbocycles. The minimum absolute atomic E-state index is 0.0460. The first-order chi connectivity index (χ1) is 5.55. The van der Waals surface area contributed by atoms with Crippen LogP contribution < -0.4 is 11.5 Å². The highest BCUT2D eigenvalue weighted by molar-refractivity contribution is 5.77. The Morgan fingerprint density at radius 3 is 2.75 bits per heavy atom. The van der Waals surface area contributed by atoms with Crippen molar-refractivity contribution in [2.24, 2.45) is 11.5 Å². The van der Waals surface area contributed by atoms with Gasteiger partial charge in [-0.3, -0.25) is 4.79 Å². The first-order valence-electron chi connectivity index (χ1n) is 3.90. The van der Waals surface area contributed by atoms with Crippen molar-refractivity contribution in [2.45, 2.75) is 12.1 Å². The summed E-state index contributed by atoms with van der Waals surface area (Å²) >= 11 is 0. The number of nitrogens with two attached hydrogens (primary N) is 2. The summed E-state index contributed by atoms with van der Waals surface area (Å²) in [7, 11) is 1.49. The van der Waals surface area contributed by atoms with Gasteiger partial charge in [0.05, 0.1) is 12.2 Å². The minimum Gasteiger partial charge on any atom is -0.375 e. The van der Waals surface area contributed by atoms with Gasteiger partial charge in [-0.1, -0.05) is 0 Å². The second-order valence-electron chi connectivity index (χ2n) is 3.23. The van der Waals surface area contributed by atoms with Crippen LogP contribution >= 0.6 is 0 Å². The third-order valence-electron chi connectivity index (χ3n) is 1.95. The summed E-state index contributed by atoms with van der Waals surface area (Å²) in [5.74, 6) is -0.0460. The second-order valence-corrected chi connectivity index (χ2v) is 3.23. The zero-order chi connectivity index (χ0) is 9.19. The molecule has 0 bridgehead atoms. The van der Waals surface area contributed by atoms with Crippen molar-refractivity contribution >= 4 is 5.91 Å². The number of hydrogen-bond donors (Lipinski definition) is 2. The molecular formula is C7H15N3O2. The van der Waals surface area contributed by atoms with Crippen LogP contribution in [-0.2, 0) is 9.53 Å². The lowest BCUT2D eigenvalue weighted by Crippen LogP contribution is -2.52. The molecule has 1 rings (SSSR count). The molecule has 0 unspecified atom stereocenters. The van der Waals surface area contributed by atoms with E-state index >= 15 is 0 Å². The molecule has 1 aliphatic heterocycles. The molecule has 1 saturated heterocycles. The van der Waals surface area contributed by atoms with Crippen LogP contribution in [0.1, 0.15) is 6.42 Å². The Balaban J connectivity index is 2.41. The average molecular weight is 173 g/mol. The second kappa shape index (κ2) is 3.38. The largest absolute Gasteiger partial charge is 0.375 e. The molecule has 1 fully saturated rings. The van der Waals surface area contributed by atoms with E-state index in [2.05, 4.69) is 0 Å². The van der Waals surface area contributed by atoms with Crippen LogP contribution in [0.2, 0.25) is 0 Å². The fraction of sp³-hybridized carbons (Fsp3) is 0.857. The van der Waals surface area contributed by atoms with E-state index < -0.39 is 5.66 Å². The predicted octanol–water partition coefficient (Wildman–Crippen LogP) is -1.52. The summed E-state index contributed by atoms with van der Waals surface area (Å²) in [6.07, 6.45) is 0.655. The minimum atomic E-state index is -0.705. The standard InChI is InChI=1S/C7H15N3O2/c1-12-4-6(11)10-3-2-7(8,9)5-10/h2-5,8-9H2,1H3. The highest BCUT2D eigenvalue weighted by Gasteiger charge is 2.32. The highest BCUT2D eigenvalue weighted by Crippen LogP contribution is 2.12. The van der Waals surface area contributed by atoms with Crippen molar-refractivity contribution in [1.29, 1.82) is 0 Å². The molecule has 0 spiro atoms. The zero-order valence-corrected chi connectivity index (χ0v) is 7.25. The van der Waals surface area contributed by atoms with Crippen molar-refractivity contribution in [1.82, 2.24) is 4.90 Å². The smallest absolute Gasteiger partial charge is 0.248 e. The van der Waals surface area contributed by atoms with Crippen LogP contribution in [0.25, 0.3) is 0 Å². The summed E-state index contributed by atoms with van der Waals surface area (Å²) in [6.45, 7) is 1.17. The number of ether oxygens (including phenoxy) is 1. The molecule has 1 aliphatic rings. The maximum absolute atomic E-state index is 11.2. The van der Waals surface area contributed by atoms with Crippen LogP contribution in [-0.4, -0.2) is 43.3 Å². The van der Waals surface area contributed by atoms with E-state index in [4.69, 9.17) is 16.2 Å². The highest BCUT2D eigenvalue weighted by atomic mass is 16.5. The number of methoxy groups -OCH3 is 1. The molecule has 0 aromatic heterocycles. The lowest BCUT2D eigenvalue weighted by molar-refractivity contribution is -0.134. The van der Waals surface area contributed by atoms with Crippen molar-refractivity contribution in [3.8, 4) is 0 Å². The summed E-state index contributed by atoms with van der Waals surface area (Å²) in [4.78, 5) is 12.9. The zero-order valence-electron chi connectivity index (χ0n) is 7.25. The molecule has 70 valence electrons. The topological polar surface area (TPSA) is 81.6 Å². The van der Waals surface area contributed by atoms with Gasteiger partial charge >= 0.3 is 0 Å². The normalized spacial score (nSPS) is 21.4. The van der Waals surface area contributed by atoms with Gasteiger partial charge in [-0.25, -0.2) is 0 Å². The summed E-state index contributed by atoms with van der Waals surface area (Å²) in [5, 5.41) is 0. The van der Waals surface area contributed by atoms with Crippen LogP contribution in [0.4, 0.5) is 0 Å². The third kappa shape index (κ3) is 2.17. The number of amides is 1. The van der Waals surface area contributed by atoms with E-state index in [-0.39, 0.29) is 12.5 Å². The number of hydrogen-bond acceptors (Lipinski definition) is 4. The van der Waals surface area contributed by atoms with Gasteiger partial charge < -0.3 is 21.1 Å². The van der Waals surface area contributed by atoms with E-state index in [1.165, 1.54) is 7.11 Å². The predicted molar refractivity (Wildman–Crippen MR) is 44.2 cm³/mol. The van der Waals surface area contributed by atoms with E-state index in [1.807, 2.05) is 0 Å². The molecule has 4 N–H and O–H groups in total. The Bertz CT molecular complexity index is 181. The summed E-state index contributed by atoms with van der Waals surface area (Å²) in [5.41, 5.74) is 10.6. The molecule has 12 heavy (non-hydrogen) atoms. The van der Waals surface area contributed by atoms with Crippen LogP contribution in [0.15, 0.2) is 0 Å². The fourth-order valence-electron chi connectivity index (χ4n) is 1.28. The molecule has 0 aliphatic carbocycles. The van der Waals surface area contributed by atoms with E-state index in [0.717, 1.165) is 0 Å². The lowest BCUT2D eigenvalue weighted by atomic mass is 10.2. The maximum atomic E-state index is 11.2. The summed E-state index contributed by atoms with van der Waals surface area (Å²) in [6, 6.07) is 0. The Morgan fingerprint density at radius 1 is 1.67 bits per heavy atom. The number of rotatable bonds is 2. The molecule has 1 amide bonds. The molecular weight excluding hydrogens is 158 g/mol. The number of nitrogens with zero attached hydrogens (tertiary/aromatic N) is 1. The molecule has 0 radical (unpaired) electrons. The Hall–Kier alpha value is -0.650. The molecule has 0 aromatic rings. The SMILES string of the molecule is COCC(=O)N1CCC(N)(N)C1. The number of carbonyl (C=O) groups is 1. The van der Waals surface area contributed by atoms with Gasteiger partial charge in [-0.05, 0) is 6.42 Å². The van der Waals surface area contributed by atoms with Crippen molar-refractivity contribution in [3.63, 3.8) is 0 Å². The lowest BCUT2D eigenvalue weighted by Gasteiger charge is -2.19. The van der Waals surface area contributed by atoms with Gasteiger partial charge in [0.15, 0.2) is 0 Å². The third-order valence-corrected chi connectivity index (χ3v) is 1.95.